The van der Waals surface area contributed by atoms with Crippen molar-refractivity contribution in [1.82, 2.24) is 4.57 Å². The Hall–Kier alpha value is -2.60. The van der Waals surface area contributed by atoms with Crippen LogP contribution < -0.4 is 11.1 Å². The summed E-state index contributed by atoms with van der Waals surface area (Å²) in [5.41, 5.74) is 2.54. The van der Waals surface area contributed by atoms with Crippen molar-refractivity contribution >= 4 is 34.3 Å². The average Bonchev–Trinajstić information content (AvgIpc) is 2.82. The molecule has 3 aromatic rings. The number of anilines is 1. The fraction of sp³-hybridized carbons (Fsp3) is 0.176. The molecule has 1 amide bonds. The second kappa shape index (κ2) is 5.21. The number of aromatic nitrogens is 1. The van der Waals surface area contributed by atoms with Gasteiger partial charge in [0.1, 0.15) is 5.82 Å². The van der Waals surface area contributed by atoms with E-state index >= 15 is 0 Å². The zero-order valence-corrected chi connectivity index (χ0v) is 13.4. The van der Waals surface area contributed by atoms with Gasteiger partial charge in [0.15, 0.2) is 5.58 Å². The number of nitrogens with zero attached hydrogens (tertiary/aromatic N) is 1. The zero-order chi connectivity index (χ0) is 17.0. The number of hydrogen-bond donors (Lipinski definition) is 1. The van der Waals surface area contributed by atoms with Crippen molar-refractivity contribution in [3.63, 3.8) is 0 Å². The Morgan fingerprint density at radius 1 is 1.29 bits per heavy atom. The van der Waals surface area contributed by atoms with Crippen LogP contribution in [0.15, 0.2) is 39.5 Å². The largest absolute Gasteiger partial charge is 0.419 e. The van der Waals surface area contributed by atoms with Crippen molar-refractivity contribution in [2.45, 2.75) is 12.3 Å². The summed E-state index contributed by atoms with van der Waals surface area (Å²) in [4.78, 5) is 23.7. The fourth-order valence-electron chi connectivity index (χ4n) is 3.15. The van der Waals surface area contributed by atoms with E-state index in [1.165, 1.54) is 10.6 Å². The van der Waals surface area contributed by atoms with Crippen molar-refractivity contribution < 1.29 is 13.6 Å². The minimum Gasteiger partial charge on any atom is -0.408 e. The monoisotopic (exact) mass is 346 g/mol. The van der Waals surface area contributed by atoms with E-state index < -0.39 is 17.5 Å². The van der Waals surface area contributed by atoms with Crippen molar-refractivity contribution in [3.8, 4) is 0 Å². The average molecular weight is 347 g/mol. The topological polar surface area (TPSA) is 64.2 Å². The molecule has 24 heavy (non-hydrogen) atoms. The molecular formula is C17H12ClFN2O3. The predicted octanol–water partition coefficient (Wildman–Crippen LogP) is 3.40. The highest BCUT2D eigenvalue weighted by molar-refractivity contribution is 6.30. The highest BCUT2D eigenvalue weighted by Crippen LogP contribution is 2.40. The summed E-state index contributed by atoms with van der Waals surface area (Å²) < 4.78 is 21.0. The van der Waals surface area contributed by atoms with Crippen LogP contribution in [0.25, 0.3) is 11.1 Å². The lowest BCUT2D eigenvalue weighted by atomic mass is 9.84. The van der Waals surface area contributed by atoms with Crippen LogP contribution in [0, 0.1) is 5.82 Å². The number of hydrogen-bond acceptors (Lipinski definition) is 3. The van der Waals surface area contributed by atoms with Crippen LogP contribution in [0.1, 0.15) is 23.5 Å². The molecule has 0 fully saturated rings. The van der Waals surface area contributed by atoms with Crippen LogP contribution in [0.2, 0.25) is 5.02 Å². The summed E-state index contributed by atoms with van der Waals surface area (Å²) in [5.74, 6) is -1.75. The van der Waals surface area contributed by atoms with Gasteiger partial charge in [0.25, 0.3) is 0 Å². The number of benzene rings is 2. The number of rotatable bonds is 1. The molecule has 1 aliphatic heterocycles. The molecule has 0 unspecified atom stereocenters. The van der Waals surface area contributed by atoms with Crippen LogP contribution in [0.3, 0.4) is 0 Å². The van der Waals surface area contributed by atoms with E-state index in [1.54, 1.807) is 31.3 Å². The summed E-state index contributed by atoms with van der Waals surface area (Å²) in [7, 11) is 1.59. The fourth-order valence-corrected chi connectivity index (χ4v) is 3.33. The first kappa shape index (κ1) is 15.0. The first-order chi connectivity index (χ1) is 11.5. The van der Waals surface area contributed by atoms with Crippen LogP contribution in [0.4, 0.5) is 10.1 Å². The molecule has 1 aromatic heterocycles. The molecule has 0 aliphatic carbocycles. The molecule has 1 aliphatic rings. The van der Waals surface area contributed by atoms with E-state index in [0.717, 1.165) is 5.56 Å². The van der Waals surface area contributed by atoms with E-state index in [1.807, 2.05) is 0 Å². The Morgan fingerprint density at radius 2 is 2.08 bits per heavy atom. The van der Waals surface area contributed by atoms with Crippen LogP contribution in [-0.2, 0) is 11.8 Å². The SMILES string of the molecule is Cn1c(=O)oc2cc3c(cc21)[C@@H](c1cccc(Cl)c1F)CC(=O)N3. The lowest BCUT2D eigenvalue weighted by Gasteiger charge is -2.26. The van der Waals surface area contributed by atoms with Gasteiger partial charge in [-0.15, -0.1) is 0 Å². The van der Waals surface area contributed by atoms with E-state index in [4.69, 9.17) is 16.0 Å². The molecular weight excluding hydrogens is 335 g/mol. The van der Waals surface area contributed by atoms with Gasteiger partial charge in [0, 0.05) is 31.1 Å². The molecule has 1 atom stereocenters. The number of amides is 1. The quantitative estimate of drug-likeness (QED) is 0.734. The van der Waals surface area contributed by atoms with Gasteiger partial charge in [-0.05, 0) is 23.3 Å². The summed E-state index contributed by atoms with van der Waals surface area (Å²) in [5, 5.41) is 2.76. The Balaban J connectivity index is 1.99. The molecule has 4 rings (SSSR count). The second-order valence-electron chi connectivity index (χ2n) is 5.78. The molecule has 7 heteroatoms. The van der Waals surface area contributed by atoms with E-state index in [-0.39, 0.29) is 17.4 Å². The van der Waals surface area contributed by atoms with Gasteiger partial charge in [-0.2, -0.15) is 0 Å². The molecule has 5 nitrogen and oxygen atoms in total. The van der Waals surface area contributed by atoms with Gasteiger partial charge in [0.2, 0.25) is 5.91 Å². The van der Waals surface area contributed by atoms with E-state index in [0.29, 0.717) is 22.4 Å². The Bertz CT molecular complexity index is 1050. The standard InChI is InChI=1S/C17H12ClFN2O3/c1-21-13-5-10-9(8-3-2-4-11(18)16(8)19)6-15(22)20-12(10)7-14(13)24-17(21)23/h2-5,7,9H,6H2,1H3,(H,20,22)/t9-/m1/s1. The summed E-state index contributed by atoms with van der Waals surface area (Å²) in [6.45, 7) is 0. The lowest BCUT2D eigenvalue weighted by Crippen LogP contribution is -2.24. The minimum atomic E-state index is -0.536. The number of nitrogens with one attached hydrogen (secondary N) is 1. The van der Waals surface area contributed by atoms with Crippen LogP contribution in [-0.4, -0.2) is 10.5 Å². The molecule has 0 saturated heterocycles. The van der Waals surface area contributed by atoms with Crippen molar-refractivity contribution in [3.05, 3.63) is 62.8 Å². The van der Waals surface area contributed by atoms with Crippen molar-refractivity contribution in [1.29, 1.82) is 0 Å². The molecule has 122 valence electrons. The molecule has 2 heterocycles. The van der Waals surface area contributed by atoms with Gasteiger partial charge in [0.05, 0.1) is 10.5 Å². The first-order valence-corrected chi connectivity index (χ1v) is 7.70. The lowest BCUT2D eigenvalue weighted by molar-refractivity contribution is -0.116. The molecule has 2 aromatic carbocycles. The van der Waals surface area contributed by atoms with E-state index in [9.17, 15) is 14.0 Å². The number of fused-ring (bicyclic) bond motifs is 2. The Morgan fingerprint density at radius 3 is 2.88 bits per heavy atom. The number of carbonyl (C=O) groups is 1. The van der Waals surface area contributed by atoms with Gasteiger partial charge in [-0.25, -0.2) is 9.18 Å². The Kier molecular flexibility index (Phi) is 3.25. The highest BCUT2D eigenvalue weighted by atomic mass is 35.5. The Labute approximate surface area is 140 Å². The van der Waals surface area contributed by atoms with Crippen LogP contribution in [0.5, 0.6) is 0 Å². The highest BCUT2D eigenvalue weighted by Gasteiger charge is 2.30. The number of oxazole rings is 1. The smallest absolute Gasteiger partial charge is 0.408 e. The third-order valence-corrected chi connectivity index (χ3v) is 4.65. The van der Waals surface area contributed by atoms with Gasteiger partial charge in [-0.3, -0.25) is 9.36 Å². The van der Waals surface area contributed by atoms with Crippen molar-refractivity contribution in [2.75, 3.05) is 5.32 Å². The molecule has 0 spiro atoms. The third-order valence-electron chi connectivity index (χ3n) is 4.36. The van der Waals surface area contributed by atoms with E-state index in [2.05, 4.69) is 5.32 Å². The van der Waals surface area contributed by atoms with Crippen molar-refractivity contribution in [2.24, 2.45) is 7.05 Å². The van der Waals surface area contributed by atoms with Crippen LogP contribution >= 0.6 is 11.6 Å². The minimum absolute atomic E-state index is 0.0109. The number of halogens is 2. The molecule has 0 saturated carbocycles. The number of carbonyl (C=O) groups excluding carboxylic acids is 1. The maximum Gasteiger partial charge on any atom is 0.419 e. The maximum absolute atomic E-state index is 14.5. The molecule has 1 N–H and O–H groups in total. The molecule has 0 radical (unpaired) electrons. The summed E-state index contributed by atoms with van der Waals surface area (Å²) in [6.07, 6.45) is 0.0988. The number of aryl methyl sites for hydroxylation is 1. The third kappa shape index (κ3) is 2.14. The normalized spacial score (nSPS) is 17.0. The first-order valence-electron chi connectivity index (χ1n) is 7.33. The molecule has 0 bridgehead atoms. The summed E-state index contributed by atoms with van der Waals surface area (Å²) in [6, 6.07) is 8.08. The maximum atomic E-state index is 14.5. The van der Waals surface area contributed by atoms with Gasteiger partial charge >= 0.3 is 5.76 Å². The summed E-state index contributed by atoms with van der Waals surface area (Å²) >= 11 is 5.88. The second-order valence-corrected chi connectivity index (χ2v) is 6.19. The zero-order valence-electron chi connectivity index (χ0n) is 12.6. The van der Waals surface area contributed by atoms with Gasteiger partial charge in [-0.1, -0.05) is 23.7 Å². The predicted molar refractivity (Wildman–Crippen MR) is 88.0 cm³/mol. The van der Waals surface area contributed by atoms with Gasteiger partial charge < -0.3 is 9.73 Å².